The third-order valence-electron chi connectivity index (χ3n) is 8.66. The fourth-order valence-corrected chi connectivity index (χ4v) is 6.17. The van der Waals surface area contributed by atoms with E-state index in [1.165, 1.54) is 0 Å². The molecule has 0 aliphatic carbocycles. The molecule has 1 aliphatic rings. The van der Waals surface area contributed by atoms with Crippen molar-refractivity contribution in [2.75, 3.05) is 13.9 Å². The van der Waals surface area contributed by atoms with Crippen LogP contribution < -0.4 is 14.2 Å². The van der Waals surface area contributed by atoms with Gasteiger partial charge in [0.25, 0.3) is 0 Å². The lowest BCUT2D eigenvalue weighted by Crippen LogP contribution is -2.05. The van der Waals surface area contributed by atoms with E-state index in [1.54, 1.807) is 19.2 Å². The van der Waals surface area contributed by atoms with Crippen LogP contribution in [0, 0.1) is 46.9 Å². The Morgan fingerprint density at radius 2 is 1.00 bits per heavy atom. The van der Waals surface area contributed by atoms with Gasteiger partial charge in [-0.3, -0.25) is 0 Å². The Kier molecular flexibility index (Phi) is 8.27. The number of nitriles is 1. The molecule has 238 valence electrons. The Bertz CT molecular complexity index is 2710. The summed E-state index contributed by atoms with van der Waals surface area (Å²) in [5.74, 6) is 22.1. The number of fused-ring (bicyclic) bond motifs is 7. The summed E-state index contributed by atoms with van der Waals surface area (Å²) in [6, 6.07) is 45.6. The minimum Gasteiger partial charge on any atom is -0.497 e. The highest BCUT2D eigenvalue weighted by Crippen LogP contribution is 2.49. The van der Waals surface area contributed by atoms with Crippen LogP contribution in [0.3, 0.4) is 0 Å². The van der Waals surface area contributed by atoms with E-state index >= 15 is 0 Å². The minimum atomic E-state index is -0.0131. The molecule has 0 spiro atoms. The van der Waals surface area contributed by atoms with Crippen LogP contribution in [0.25, 0.3) is 32.7 Å². The first-order chi connectivity index (χ1) is 25.2. The van der Waals surface area contributed by atoms with Gasteiger partial charge in [0, 0.05) is 33.4 Å². The quantitative estimate of drug-likeness (QED) is 0.166. The number of ether oxygens (including phenoxy) is 3. The Morgan fingerprint density at radius 1 is 0.490 bits per heavy atom. The molecule has 51 heavy (non-hydrogen) atoms. The second kappa shape index (κ2) is 13.6. The minimum absolute atomic E-state index is 0.0131. The largest absolute Gasteiger partial charge is 0.497 e. The van der Waals surface area contributed by atoms with Gasteiger partial charge in [0.05, 0.1) is 29.9 Å². The summed E-state index contributed by atoms with van der Waals surface area (Å²) in [6.07, 6.45) is 0. The van der Waals surface area contributed by atoms with Crippen LogP contribution in [0.4, 0.5) is 0 Å². The van der Waals surface area contributed by atoms with Gasteiger partial charge in [-0.15, -0.1) is 0 Å². The Hall–Kier alpha value is -7.37. The van der Waals surface area contributed by atoms with E-state index in [9.17, 15) is 5.26 Å². The number of rotatable bonds is 1. The van der Waals surface area contributed by atoms with E-state index in [1.807, 2.05) is 84.9 Å². The average Bonchev–Trinajstić information content (AvgIpc) is 3.40. The van der Waals surface area contributed by atoms with Gasteiger partial charge >= 0.3 is 0 Å². The van der Waals surface area contributed by atoms with Crippen molar-refractivity contribution in [1.29, 1.82) is 5.26 Å². The van der Waals surface area contributed by atoms with Crippen LogP contribution >= 0.6 is 0 Å². The molecule has 0 radical (unpaired) electrons. The van der Waals surface area contributed by atoms with Gasteiger partial charge in [0.15, 0.2) is 0 Å². The molecule has 7 aromatic carbocycles. The molecule has 0 unspecified atom stereocenters. The molecular weight excluding hydrogens is 627 g/mol. The summed E-state index contributed by atoms with van der Waals surface area (Å²) >= 11 is 0. The van der Waals surface area contributed by atoms with Crippen molar-refractivity contribution in [2.45, 2.75) is 0 Å². The Morgan fingerprint density at radius 3 is 1.67 bits per heavy atom. The van der Waals surface area contributed by atoms with Crippen molar-refractivity contribution in [1.82, 2.24) is 0 Å². The molecule has 0 bridgehead atoms. The lowest BCUT2D eigenvalue weighted by molar-refractivity contribution is 0.124. The fraction of sp³-hybridized carbons (Fsp3) is 0.0426. The molecule has 1 aliphatic heterocycles. The first kappa shape index (κ1) is 30.9. The number of hydrogen-bond donors (Lipinski definition) is 0. The monoisotopic (exact) mass is 653 g/mol. The summed E-state index contributed by atoms with van der Waals surface area (Å²) in [7, 11) is 1.65. The van der Waals surface area contributed by atoms with Crippen molar-refractivity contribution >= 4 is 21.5 Å². The van der Waals surface area contributed by atoms with Crippen molar-refractivity contribution in [3.63, 3.8) is 0 Å². The molecular formula is C47H27NO3. The SMILES string of the molecule is COc1ccc(C#Cc2ccc3c4c(c(C#Cc5ccc(C#N)cc5)cc3c2)OCOc2c(C#Cc3ccccc3)cc3ccccc3c2-4)cc1. The van der Waals surface area contributed by atoms with Crippen LogP contribution in [0.5, 0.6) is 17.2 Å². The maximum absolute atomic E-state index is 9.27. The second-order valence-electron chi connectivity index (χ2n) is 11.9. The normalized spacial score (nSPS) is 11.0. The van der Waals surface area contributed by atoms with Crippen LogP contribution in [0.1, 0.15) is 38.9 Å². The van der Waals surface area contributed by atoms with Gasteiger partial charge in [-0.2, -0.15) is 5.26 Å². The molecule has 0 atom stereocenters. The van der Waals surface area contributed by atoms with Crippen LogP contribution in [-0.4, -0.2) is 13.9 Å². The summed E-state index contributed by atoms with van der Waals surface area (Å²) in [5, 5.41) is 13.3. The zero-order valence-corrected chi connectivity index (χ0v) is 27.6. The Balaban J connectivity index is 1.37. The smallest absolute Gasteiger partial charge is 0.231 e. The van der Waals surface area contributed by atoms with Crippen molar-refractivity contribution < 1.29 is 14.2 Å². The van der Waals surface area contributed by atoms with E-state index < -0.39 is 0 Å². The number of methoxy groups -OCH3 is 1. The summed E-state index contributed by atoms with van der Waals surface area (Å²) in [4.78, 5) is 0. The maximum Gasteiger partial charge on any atom is 0.231 e. The second-order valence-corrected chi connectivity index (χ2v) is 11.9. The molecule has 0 amide bonds. The zero-order chi connectivity index (χ0) is 34.6. The molecule has 0 saturated heterocycles. The predicted octanol–water partition coefficient (Wildman–Crippen LogP) is 9.47. The van der Waals surface area contributed by atoms with E-state index in [0.717, 1.165) is 66.2 Å². The van der Waals surface area contributed by atoms with Gasteiger partial charge in [0.1, 0.15) is 17.2 Å². The third-order valence-corrected chi connectivity index (χ3v) is 8.66. The van der Waals surface area contributed by atoms with E-state index in [2.05, 4.69) is 78.0 Å². The van der Waals surface area contributed by atoms with Crippen LogP contribution in [0.15, 0.2) is 133 Å². The molecule has 1 heterocycles. The lowest BCUT2D eigenvalue weighted by atomic mass is 9.88. The molecule has 4 heteroatoms. The number of benzene rings is 7. The topological polar surface area (TPSA) is 51.5 Å². The number of nitrogens with zero attached hydrogens (tertiary/aromatic N) is 1. The molecule has 4 nitrogen and oxygen atoms in total. The van der Waals surface area contributed by atoms with E-state index in [0.29, 0.717) is 22.6 Å². The maximum atomic E-state index is 9.27. The first-order valence-electron chi connectivity index (χ1n) is 16.3. The average molecular weight is 654 g/mol. The summed E-state index contributed by atoms with van der Waals surface area (Å²) < 4.78 is 18.2. The van der Waals surface area contributed by atoms with Crippen LogP contribution in [-0.2, 0) is 0 Å². The highest BCUT2D eigenvalue weighted by atomic mass is 16.7. The zero-order valence-electron chi connectivity index (χ0n) is 27.6. The third kappa shape index (κ3) is 6.31. The first-order valence-corrected chi connectivity index (χ1v) is 16.3. The molecule has 7 aromatic rings. The van der Waals surface area contributed by atoms with E-state index in [4.69, 9.17) is 14.2 Å². The highest BCUT2D eigenvalue weighted by molar-refractivity contribution is 6.12. The molecule has 0 N–H and O–H groups in total. The molecule has 0 saturated carbocycles. The lowest BCUT2D eigenvalue weighted by Gasteiger charge is -2.16. The highest BCUT2D eigenvalue weighted by Gasteiger charge is 2.26. The van der Waals surface area contributed by atoms with Crippen molar-refractivity contribution in [3.8, 4) is 70.0 Å². The summed E-state index contributed by atoms with van der Waals surface area (Å²) in [5.41, 5.74) is 7.31. The predicted molar refractivity (Wildman–Crippen MR) is 202 cm³/mol. The van der Waals surface area contributed by atoms with E-state index in [-0.39, 0.29) is 6.79 Å². The Labute approximate surface area is 296 Å². The molecule has 8 rings (SSSR count). The van der Waals surface area contributed by atoms with Gasteiger partial charge in [0.2, 0.25) is 6.79 Å². The summed E-state index contributed by atoms with van der Waals surface area (Å²) in [6.45, 7) is -0.0131. The van der Waals surface area contributed by atoms with Gasteiger partial charge in [-0.1, -0.05) is 84.1 Å². The van der Waals surface area contributed by atoms with Crippen molar-refractivity contribution in [3.05, 3.63) is 172 Å². The van der Waals surface area contributed by atoms with Crippen LogP contribution in [0.2, 0.25) is 0 Å². The van der Waals surface area contributed by atoms with Gasteiger partial charge in [-0.05, 0) is 106 Å². The van der Waals surface area contributed by atoms with Gasteiger partial charge < -0.3 is 14.2 Å². The molecule has 0 fully saturated rings. The fourth-order valence-electron chi connectivity index (χ4n) is 6.17. The number of hydrogen-bond acceptors (Lipinski definition) is 4. The van der Waals surface area contributed by atoms with Crippen molar-refractivity contribution in [2.24, 2.45) is 0 Å². The standard InChI is InChI=1S/C47H27NO3/c1-49-41-24-19-34(20-25-41)11-14-35-21-26-43-40(27-35)29-39(23-18-33-12-15-36(30-48)16-13-33)47-45(43)44-42-10-6-5-9-37(42)28-38(46(44)50-31-51-47)22-17-32-7-3-2-4-8-32/h2-10,12-13,15-16,19-21,24-29H,31H2,1H3. The van der Waals surface area contributed by atoms with Gasteiger partial charge in [-0.25, -0.2) is 0 Å². The molecule has 0 aromatic heterocycles.